The van der Waals surface area contributed by atoms with Gasteiger partial charge < -0.3 is 10.4 Å². The van der Waals surface area contributed by atoms with Crippen molar-refractivity contribution in [2.45, 2.75) is 31.1 Å². The van der Waals surface area contributed by atoms with Crippen molar-refractivity contribution in [3.05, 3.63) is 0 Å². The van der Waals surface area contributed by atoms with Crippen LogP contribution in [0.15, 0.2) is 0 Å². The van der Waals surface area contributed by atoms with Crippen molar-refractivity contribution < 1.29 is 18.3 Å². The van der Waals surface area contributed by atoms with Crippen LogP contribution in [-0.4, -0.2) is 30.0 Å². The minimum Gasteiger partial charge on any atom is -0.395 e. The maximum Gasteiger partial charge on any atom is 0.403 e. The molecule has 0 aromatic carbocycles. The van der Waals surface area contributed by atoms with E-state index >= 15 is 0 Å². The molecule has 0 bridgehead atoms. The maximum absolute atomic E-state index is 11.9. The first-order valence-electron chi connectivity index (χ1n) is 3.47. The van der Waals surface area contributed by atoms with Crippen LogP contribution in [0.3, 0.4) is 0 Å². The van der Waals surface area contributed by atoms with Gasteiger partial charge in [0, 0.05) is 6.04 Å². The highest BCUT2D eigenvalue weighted by molar-refractivity contribution is 4.87. The fourth-order valence-corrected chi connectivity index (χ4v) is 1.22. The van der Waals surface area contributed by atoms with Gasteiger partial charge in [-0.1, -0.05) is 0 Å². The first-order valence-corrected chi connectivity index (χ1v) is 3.47. The molecule has 2 atom stereocenters. The van der Waals surface area contributed by atoms with Crippen LogP contribution in [0.2, 0.25) is 0 Å². The van der Waals surface area contributed by atoms with Gasteiger partial charge in [-0.15, -0.1) is 0 Å². The van der Waals surface area contributed by atoms with E-state index in [-0.39, 0.29) is 19.1 Å². The van der Waals surface area contributed by atoms with Crippen LogP contribution in [0, 0.1) is 0 Å². The number of nitrogens with one attached hydrogen (secondary N) is 1. The second kappa shape index (κ2) is 2.98. The molecule has 0 amide bonds. The molecule has 2 N–H and O–H groups in total. The summed E-state index contributed by atoms with van der Waals surface area (Å²) in [6.45, 7) is -0.216. The zero-order valence-electron chi connectivity index (χ0n) is 5.86. The van der Waals surface area contributed by atoms with Crippen LogP contribution in [-0.2, 0) is 0 Å². The Labute approximate surface area is 62.4 Å². The van der Waals surface area contributed by atoms with Crippen molar-refractivity contribution >= 4 is 0 Å². The van der Waals surface area contributed by atoms with Crippen LogP contribution in [0.5, 0.6) is 0 Å². The highest BCUT2D eigenvalue weighted by atomic mass is 19.4. The Hall–Kier alpha value is -0.290. The topological polar surface area (TPSA) is 32.3 Å². The molecule has 11 heavy (non-hydrogen) atoms. The lowest BCUT2D eigenvalue weighted by molar-refractivity contribution is -0.152. The van der Waals surface area contributed by atoms with Crippen molar-refractivity contribution in [3.8, 4) is 0 Å². The second-order valence-electron chi connectivity index (χ2n) is 2.72. The van der Waals surface area contributed by atoms with E-state index < -0.39 is 12.2 Å². The molecule has 1 heterocycles. The number of halogens is 3. The number of aliphatic hydroxyl groups excluding tert-OH is 1. The monoisotopic (exact) mass is 169 g/mol. The Bertz CT molecular complexity index is 136. The van der Waals surface area contributed by atoms with Gasteiger partial charge in [0.05, 0.1) is 6.61 Å². The fourth-order valence-electron chi connectivity index (χ4n) is 1.22. The molecule has 1 aliphatic rings. The summed E-state index contributed by atoms with van der Waals surface area (Å²) in [7, 11) is 0. The predicted octanol–water partition coefficient (Wildman–Crippen LogP) is 0.662. The molecule has 2 unspecified atom stereocenters. The molecule has 0 aromatic heterocycles. The lowest BCUT2D eigenvalue weighted by Gasteiger charge is -2.15. The molecule has 2 nitrogen and oxygen atoms in total. The zero-order valence-corrected chi connectivity index (χ0v) is 5.86. The van der Waals surface area contributed by atoms with Gasteiger partial charge in [0.2, 0.25) is 0 Å². The maximum atomic E-state index is 11.9. The van der Waals surface area contributed by atoms with E-state index in [2.05, 4.69) is 5.32 Å². The molecule has 0 saturated carbocycles. The van der Waals surface area contributed by atoms with Gasteiger partial charge in [0.25, 0.3) is 0 Å². The Morgan fingerprint density at radius 1 is 1.36 bits per heavy atom. The van der Waals surface area contributed by atoms with Crippen molar-refractivity contribution in [2.75, 3.05) is 6.61 Å². The molecule has 1 fully saturated rings. The van der Waals surface area contributed by atoms with E-state index in [0.29, 0.717) is 6.42 Å². The summed E-state index contributed by atoms with van der Waals surface area (Å²) in [6, 6.07) is -1.79. The third kappa shape index (κ3) is 2.07. The molecule has 5 heteroatoms. The fraction of sp³-hybridized carbons (Fsp3) is 1.00. The molecule has 0 aliphatic carbocycles. The van der Waals surface area contributed by atoms with Crippen LogP contribution in [0.25, 0.3) is 0 Å². The Balaban J connectivity index is 2.42. The summed E-state index contributed by atoms with van der Waals surface area (Å²) in [5.41, 5.74) is 0. The molecule has 66 valence electrons. The smallest absolute Gasteiger partial charge is 0.395 e. The zero-order chi connectivity index (χ0) is 8.48. The van der Waals surface area contributed by atoms with Gasteiger partial charge in [-0.2, -0.15) is 13.2 Å². The molecule has 0 spiro atoms. The molecule has 1 saturated heterocycles. The minimum atomic E-state index is -4.16. The van der Waals surface area contributed by atoms with Gasteiger partial charge in [0.15, 0.2) is 0 Å². The summed E-state index contributed by atoms with van der Waals surface area (Å²) >= 11 is 0. The standard InChI is InChI=1S/C6H10F3NO/c7-6(8,9)5-2-1-4(3-11)10-5/h4-5,10-11H,1-3H2. The average molecular weight is 169 g/mol. The average Bonchev–Trinajstić information content (AvgIpc) is 2.32. The SMILES string of the molecule is OCC1CCC(C(F)(F)F)N1. The van der Waals surface area contributed by atoms with Crippen LogP contribution in [0.4, 0.5) is 13.2 Å². The summed E-state index contributed by atoms with van der Waals surface area (Å²) in [4.78, 5) is 0. The Kier molecular flexibility index (Phi) is 2.39. The highest BCUT2D eigenvalue weighted by Crippen LogP contribution is 2.28. The van der Waals surface area contributed by atoms with E-state index in [1.165, 1.54) is 0 Å². The first-order chi connectivity index (χ1) is 5.04. The van der Waals surface area contributed by atoms with Gasteiger partial charge in [-0.05, 0) is 12.8 Å². The van der Waals surface area contributed by atoms with Gasteiger partial charge in [0.1, 0.15) is 6.04 Å². The molecule has 1 rings (SSSR count). The van der Waals surface area contributed by atoms with Crippen molar-refractivity contribution in [3.63, 3.8) is 0 Å². The van der Waals surface area contributed by atoms with Crippen molar-refractivity contribution in [1.82, 2.24) is 5.32 Å². The summed E-state index contributed by atoms with van der Waals surface area (Å²) in [5.74, 6) is 0. The minimum absolute atomic E-state index is 0.0781. The van der Waals surface area contributed by atoms with Crippen molar-refractivity contribution in [1.29, 1.82) is 0 Å². The molecule has 0 aromatic rings. The Morgan fingerprint density at radius 3 is 2.27 bits per heavy atom. The molecule has 1 aliphatic heterocycles. The van der Waals surface area contributed by atoms with E-state index in [9.17, 15) is 13.2 Å². The lowest BCUT2D eigenvalue weighted by atomic mass is 10.2. The third-order valence-corrected chi connectivity index (χ3v) is 1.86. The molecular weight excluding hydrogens is 159 g/mol. The number of rotatable bonds is 1. The number of aliphatic hydroxyl groups is 1. The second-order valence-corrected chi connectivity index (χ2v) is 2.72. The summed E-state index contributed by atoms with van der Waals surface area (Å²) in [5, 5.41) is 10.8. The number of alkyl halides is 3. The Morgan fingerprint density at radius 2 is 2.00 bits per heavy atom. The molecule has 0 radical (unpaired) electrons. The van der Waals surface area contributed by atoms with E-state index in [1.54, 1.807) is 0 Å². The molecular formula is C6H10F3NO. The van der Waals surface area contributed by atoms with Crippen molar-refractivity contribution in [2.24, 2.45) is 0 Å². The number of hydrogen-bond acceptors (Lipinski definition) is 2. The predicted molar refractivity (Wildman–Crippen MR) is 33.1 cm³/mol. The lowest BCUT2D eigenvalue weighted by Crippen LogP contribution is -2.41. The van der Waals surface area contributed by atoms with E-state index in [1.807, 2.05) is 0 Å². The largest absolute Gasteiger partial charge is 0.403 e. The van der Waals surface area contributed by atoms with E-state index in [0.717, 1.165) is 0 Å². The van der Waals surface area contributed by atoms with Crippen LogP contribution >= 0.6 is 0 Å². The highest BCUT2D eigenvalue weighted by Gasteiger charge is 2.43. The van der Waals surface area contributed by atoms with E-state index in [4.69, 9.17) is 5.11 Å². The summed E-state index contributed by atoms with van der Waals surface area (Å²) < 4.78 is 35.8. The first kappa shape index (κ1) is 8.80. The van der Waals surface area contributed by atoms with Gasteiger partial charge in [-0.3, -0.25) is 0 Å². The third-order valence-electron chi connectivity index (χ3n) is 1.86. The van der Waals surface area contributed by atoms with Crippen LogP contribution < -0.4 is 5.32 Å². The number of hydrogen-bond donors (Lipinski definition) is 2. The van der Waals surface area contributed by atoms with Gasteiger partial charge >= 0.3 is 6.18 Å². The van der Waals surface area contributed by atoms with Gasteiger partial charge in [-0.25, -0.2) is 0 Å². The normalized spacial score (nSPS) is 32.7. The quantitative estimate of drug-likeness (QED) is 0.604. The van der Waals surface area contributed by atoms with Crippen LogP contribution in [0.1, 0.15) is 12.8 Å². The summed E-state index contributed by atoms with van der Waals surface area (Å²) in [6.07, 6.45) is -3.68.